The summed E-state index contributed by atoms with van der Waals surface area (Å²) in [6.45, 7) is 14.0. The lowest BCUT2D eigenvalue weighted by Crippen LogP contribution is -2.30. The first-order valence-corrected chi connectivity index (χ1v) is 37.7. The first kappa shape index (κ1) is 84.1. The van der Waals surface area contributed by atoms with E-state index in [1.165, 1.54) is 128 Å². The number of aliphatic hydroxyl groups excluding tert-OH is 1. The van der Waals surface area contributed by atoms with Crippen molar-refractivity contribution in [3.8, 4) is 0 Å². The molecule has 0 radical (unpaired) electrons. The van der Waals surface area contributed by atoms with Crippen molar-refractivity contribution in [3.63, 3.8) is 0 Å². The van der Waals surface area contributed by atoms with Crippen LogP contribution in [0.1, 0.15) is 325 Å². The molecule has 0 saturated heterocycles. The van der Waals surface area contributed by atoms with Gasteiger partial charge in [0.25, 0.3) is 0 Å². The second-order valence-corrected chi connectivity index (χ2v) is 28.8. The van der Waals surface area contributed by atoms with E-state index in [4.69, 9.17) is 37.0 Å². The fourth-order valence-electron chi connectivity index (χ4n) is 9.93. The SMILES string of the molecule is CCC(C)CCCCCCCCCCC(=O)O[C@H](COC(=O)CCCCCCCCCCCCCC(C)C)COP(=O)(O)OCC(O)COP(=O)(O)OC[C@@H](COC(=O)CCCCCCCCCCC(C)C)OC(=O)CCCCCCCCC(C)C. The van der Waals surface area contributed by atoms with Crippen LogP contribution < -0.4 is 0 Å². The van der Waals surface area contributed by atoms with Crippen LogP contribution in [-0.4, -0.2) is 96.7 Å². The molecule has 510 valence electrons. The maximum atomic E-state index is 13.0. The maximum absolute atomic E-state index is 13.0. The van der Waals surface area contributed by atoms with E-state index in [9.17, 15) is 43.2 Å². The number of rotatable bonds is 64. The van der Waals surface area contributed by atoms with Crippen molar-refractivity contribution in [2.75, 3.05) is 39.6 Å². The van der Waals surface area contributed by atoms with Crippen molar-refractivity contribution < 1.29 is 80.2 Å². The quantitative estimate of drug-likeness (QED) is 0.0222. The molecule has 4 unspecified atom stereocenters. The van der Waals surface area contributed by atoms with Crippen molar-refractivity contribution in [2.24, 2.45) is 23.7 Å². The van der Waals surface area contributed by atoms with Gasteiger partial charge in [-0.05, 0) is 49.4 Å². The van der Waals surface area contributed by atoms with Crippen molar-refractivity contribution in [1.82, 2.24) is 0 Å². The Morgan fingerprint density at radius 1 is 0.326 bits per heavy atom. The van der Waals surface area contributed by atoms with Gasteiger partial charge < -0.3 is 33.8 Å². The Morgan fingerprint density at radius 2 is 0.558 bits per heavy atom. The van der Waals surface area contributed by atoms with Crippen LogP contribution in [0.15, 0.2) is 0 Å². The average molecular weight is 1270 g/mol. The number of ether oxygens (including phenoxy) is 4. The maximum Gasteiger partial charge on any atom is 0.472 e. The summed E-state index contributed by atoms with van der Waals surface area (Å²) in [6, 6.07) is 0. The highest BCUT2D eigenvalue weighted by atomic mass is 31.2. The number of hydrogen-bond donors (Lipinski definition) is 3. The number of aliphatic hydroxyl groups is 1. The standard InChI is InChI=1S/C67H130O17P2/c1-9-60(8)46-38-30-21-16-18-24-33-41-49-66(71)83-62(53-77-64(69)47-39-31-22-14-12-10-11-13-19-27-35-43-57(2)3)55-81-85(73,74)79-51-61(68)52-80-86(75,76)82-56-63(84-67(72)50-42-34-26-25-29-37-45-59(6)7)54-78-65(70)48-40-32-23-17-15-20-28-36-44-58(4)5/h57-63,68H,9-56H2,1-8H3,(H,73,74)(H,75,76)/t60?,61?,62-,63-/m1/s1. The molecule has 0 aromatic carbocycles. The van der Waals surface area contributed by atoms with Crippen molar-refractivity contribution in [3.05, 3.63) is 0 Å². The lowest BCUT2D eigenvalue weighted by Gasteiger charge is -2.21. The Morgan fingerprint density at radius 3 is 0.826 bits per heavy atom. The zero-order chi connectivity index (χ0) is 63.9. The number of phosphoric ester groups is 2. The van der Waals surface area contributed by atoms with Gasteiger partial charge in [0.15, 0.2) is 12.2 Å². The molecule has 0 heterocycles. The molecule has 6 atom stereocenters. The molecular formula is C67H130O17P2. The molecule has 0 aliphatic carbocycles. The number of unbranched alkanes of at least 4 members (excludes halogenated alkanes) is 29. The Balaban J connectivity index is 5.24. The summed E-state index contributed by atoms with van der Waals surface area (Å²) in [5.74, 6) is 0.797. The Bertz CT molecular complexity index is 1720. The molecule has 0 amide bonds. The van der Waals surface area contributed by atoms with Crippen molar-refractivity contribution in [1.29, 1.82) is 0 Å². The molecule has 0 bridgehead atoms. The van der Waals surface area contributed by atoms with Crippen LogP contribution in [0.3, 0.4) is 0 Å². The fourth-order valence-corrected chi connectivity index (χ4v) is 11.5. The largest absolute Gasteiger partial charge is 0.472 e. The van der Waals surface area contributed by atoms with Gasteiger partial charge in [-0.2, -0.15) is 0 Å². The Hall–Kier alpha value is -1.94. The van der Waals surface area contributed by atoms with Gasteiger partial charge in [-0.3, -0.25) is 37.3 Å². The highest BCUT2D eigenvalue weighted by Gasteiger charge is 2.30. The molecule has 0 rings (SSSR count). The topological polar surface area (TPSA) is 237 Å². The monoisotopic (exact) mass is 1270 g/mol. The number of carbonyl (C=O) groups excluding carboxylic acids is 4. The minimum Gasteiger partial charge on any atom is -0.462 e. The van der Waals surface area contributed by atoms with Gasteiger partial charge in [0, 0.05) is 25.7 Å². The predicted molar refractivity (Wildman–Crippen MR) is 344 cm³/mol. The molecule has 0 fully saturated rings. The van der Waals surface area contributed by atoms with Crippen LogP contribution in [0, 0.1) is 23.7 Å². The molecule has 0 aromatic rings. The first-order valence-electron chi connectivity index (χ1n) is 34.7. The molecule has 0 saturated carbocycles. The molecule has 19 heteroatoms. The Kier molecular flexibility index (Phi) is 55.7. The van der Waals surface area contributed by atoms with Crippen LogP contribution in [0.2, 0.25) is 0 Å². The van der Waals surface area contributed by atoms with Gasteiger partial charge in [-0.25, -0.2) is 9.13 Å². The molecular weight excluding hydrogens is 1140 g/mol. The van der Waals surface area contributed by atoms with Crippen molar-refractivity contribution in [2.45, 2.75) is 343 Å². The normalized spacial score (nSPS) is 14.7. The minimum absolute atomic E-state index is 0.101. The summed E-state index contributed by atoms with van der Waals surface area (Å²) in [6.07, 6.45) is 37.7. The van der Waals surface area contributed by atoms with Gasteiger partial charge in [0.1, 0.15) is 19.3 Å². The van der Waals surface area contributed by atoms with Gasteiger partial charge in [0.2, 0.25) is 0 Å². The van der Waals surface area contributed by atoms with E-state index >= 15 is 0 Å². The number of hydrogen-bond acceptors (Lipinski definition) is 15. The van der Waals surface area contributed by atoms with E-state index in [0.29, 0.717) is 31.6 Å². The van der Waals surface area contributed by atoms with E-state index in [1.54, 1.807) is 0 Å². The lowest BCUT2D eigenvalue weighted by molar-refractivity contribution is -0.161. The van der Waals surface area contributed by atoms with Gasteiger partial charge in [-0.1, -0.05) is 274 Å². The molecule has 86 heavy (non-hydrogen) atoms. The zero-order valence-corrected chi connectivity index (χ0v) is 57.7. The first-order chi connectivity index (χ1) is 41.1. The van der Waals surface area contributed by atoms with Gasteiger partial charge >= 0.3 is 39.5 Å². The predicted octanol–water partition coefficient (Wildman–Crippen LogP) is 18.5. The van der Waals surface area contributed by atoms with Crippen LogP contribution >= 0.6 is 15.6 Å². The van der Waals surface area contributed by atoms with E-state index in [2.05, 4.69) is 55.4 Å². The third-order valence-corrected chi connectivity index (χ3v) is 17.6. The number of carbonyl (C=O) groups is 4. The smallest absolute Gasteiger partial charge is 0.462 e. The molecule has 17 nitrogen and oxygen atoms in total. The van der Waals surface area contributed by atoms with E-state index in [-0.39, 0.29) is 25.7 Å². The van der Waals surface area contributed by atoms with E-state index in [1.807, 2.05) is 0 Å². The van der Waals surface area contributed by atoms with Gasteiger partial charge in [-0.15, -0.1) is 0 Å². The van der Waals surface area contributed by atoms with Crippen LogP contribution in [0.4, 0.5) is 0 Å². The summed E-state index contributed by atoms with van der Waals surface area (Å²) in [5.41, 5.74) is 0. The summed E-state index contributed by atoms with van der Waals surface area (Å²) < 4.78 is 68.1. The molecule has 3 N–H and O–H groups in total. The molecule has 0 aromatic heterocycles. The van der Waals surface area contributed by atoms with Gasteiger partial charge in [0.05, 0.1) is 26.4 Å². The van der Waals surface area contributed by atoms with Crippen LogP contribution in [0.5, 0.6) is 0 Å². The zero-order valence-electron chi connectivity index (χ0n) is 55.9. The third-order valence-electron chi connectivity index (χ3n) is 15.7. The summed E-state index contributed by atoms with van der Waals surface area (Å²) in [7, 11) is -9.90. The number of esters is 4. The molecule has 0 aliphatic heterocycles. The Labute approximate surface area is 524 Å². The fraction of sp³-hybridized carbons (Fsp3) is 0.940. The summed E-state index contributed by atoms with van der Waals surface area (Å²) >= 11 is 0. The minimum atomic E-state index is -4.95. The highest BCUT2D eigenvalue weighted by Crippen LogP contribution is 2.45. The lowest BCUT2D eigenvalue weighted by atomic mass is 9.99. The molecule has 0 spiro atoms. The molecule has 0 aliphatic rings. The summed E-state index contributed by atoms with van der Waals surface area (Å²) in [4.78, 5) is 72.3. The second kappa shape index (κ2) is 57.0. The second-order valence-electron chi connectivity index (χ2n) is 25.9. The summed E-state index contributed by atoms with van der Waals surface area (Å²) in [5, 5.41) is 10.6. The van der Waals surface area contributed by atoms with Crippen LogP contribution in [0.25, 0.3) is 0 Å². The third kappa shape index (κ3) is 59.7. The number of phosphoric acid groups is 2. The van der Waals surface area contributed by atoms with E-state index < -0.39 is 97.5 Å². The van der Waals surface area contributed by atoms with Crippen LogP contribution in [-0.2, 0) is 65.4 Å². The van der Waals surface area contributed by atoms with E-state index in [0.717, 1.165) is 108 Å². The highest BCUT2D eigenvalue weighted by molar-refractivity contribution is 7.47. The average Bonchev–Trinajstić information content (AvgIpc) is 3.52. The van der Waals surface area contributed by atoms with Crippen molar-refractivity contribution >= 4 is 39.5 Å².